The fraction of sp³-hybridized carbons (Fsp3) is 0.261. The minimum absolute atomic E-state index is 0.696. The van der Waals surface area contributed by atoms with E-state index >= 15 is 0 Å². The first kappa shape index (κ1) is 16.4. The standard InChI is InChI=1S/C23H26N/c1-17(2)15-19-9-11-20(12-10-19)21-13-14-23(24(4)16-21)22-8-6-5-7-18(22)3/h5-14,16-17H,15H2,1-4H3/q+1. The van der Waals surface area contributed by atoms with Crippen LogP contribution in [0.1, 0.15) is 25.0 Å². The Morgan fingerprint density at radius 2 is 1.50 bits per heavy atom. The maximum Gasteiger partial charge on any atom is 0.212 e. The lowest BCUT2D eigenvalue weighted by atomic mass is 9.99. The summed E-state index contributed by atoms with van der Waals surface area (Å²) in [5.41, 5.74) is 7.78. The number of aryl methyl sites for hydroxylation is 2. The lowest BCUT2D eigenvalue weighted by Gasteiger charge is -2.08. The van der Waals surface area contributed by atoms with Gasteiger partial charge in [0.2, 0.25) is 5.69 Å². The van der Waals surface area contributed by atoms with Gasteiger partial charge < -0.3 is 0 Å². The number of hydrogen-bond donors (Lipinski definition) is 0. The molecule has 1 heterocycles. The largest absolute Gasteiger partial charge is 0.212 e. The molecule has 1 aromatic heterocycles. The maximum atomic E-state index is 2.26. The summed E-state index contributed by atoms with van der Waals surface area (Å²) in [6.07, 6.45) is 3.36. The third kappa shape index (κ3) is 3.56. The lowest BCUT2D eigenvalue weighted by molar-refractivity contribution is -0.659. The molecule has 0 saturated carbocycles. The van der Waals surface area contributed by atoms with Crippen molar-refractivity contribution in [2.75, 3.05) is 0 Å². The van der Waals surface area contributed by atoms with Crippen LogP contribution in [0.25, 0.3) is 22.4 Å². The van der Waals surface area contributed by atoms with Crippen LogP contribution in [-0.4, -0.2) is 0 Å². The van der Waals surface area contributed by atoms with Crippen LogP contribution in [0.2, 0.25) is 0 Å². The summed E-state index contributed by atoms with van der Waals surface area (Å²) in [6.45, 7) is 6.69. The van der Waals surface area contributed by atoms with Gasteiger partial charge in [0.1, 0.15) is 7.05 Å². The average molecular weight is 316 g/mol. The third-order valence-electron chi connectivity index (χ3n) is 4.49. The number of benzene rings is 2. The van der Waals surface area contributed by atoms with Crippen LogP contribution in [0.15, 0.2) is 66.9 Å². The van der Waals surface area contributed by atoms with Gasteiger partial charge >= 0.3 is 0 Å². The Morgan fingerprint density at radius 1 is 0.833 bits per heavy atom. The molecule has 1 heteroatoms. The SMILES string of the molecule is Cc1ccccc1-c1ccc(-c2ccc(CC(C)C)cc2)c[n+]1C. The van der Waals surface area contributed by atoms with Gasteiger partial charge in [-0.1, -0.05) is 56.3 Å². The minimum Gasteiger partial charge on any atom is -0.200 e. The van der Waals surface area contributed by atoms with Gasteiger partial charge in [-0.15, -0.1) is 0 Å². The Balaban J connectivity index is 1.91. The van der Waals surface area contributed by atoms with E-state index in [1.165, 1.54) is 33.5 Å². The summed E-state index contributed by atoms with van der Waals surface area (Å²) in [7, 11) is 2.12. The second-order valence-corrected chi connectivity index (χ2v) is 7.02. The van der Waals surface area contributed by atoms with Crippen molar-refractivity contribution < 1.29 is 4.57 Å². The Bertz CT molecular complexity index is 829. The molecule has 0 spiro atoms. The van der Waals surface area contributed by atoms with Gasteiger partial charge in [0, 0.05) is 17.2 Å². The predicted molar refractivity (Wildman–Crippen MR) is 102 cm³/mol. The zero-order valence-corrected chi connectivity index (χ0v) is 15.1. The number of nitrogens with zero attached hydrogens (tertiary/aromatic N) is 1. The third-order valence-corrected chi connectivity index (χ3v) is 4.49. The molecule has 3 rings (SSSR count). The molecule has 122 valence electrons. The van der Waals surface area contributed by atoms with Gasteiger partial charge in [0.15, 0.2) is 6.20 Å². The molecule has 1 nitrogen and oxygen atoms in total. The number of hydrogen-bond acceptors (Lipinski definition) is 0. The molecule has 0 radical (unpaired) electrons. The molecule has 0 N–H and O–H groups in total. The fourth-order valence-electron chi connectivity index (χ4n) is 3.22. The summed E-state index contributed by atoms with van der Waals surface area (Å²) in [4.78, 5) is 0. The quantitative estimate of drug-likeness (QED) is 0.571. The van der Waals surface area contributed by atoms with Crippen LogP contribution in [0.5, 0.6) is 0 Å². The number of aromatic nitrogens is 1. The van der Waals surface area contributed by atoms with E-state index in [9.17, 15) is 0 Å². The molecule has 0 saturated heterocycles. The Hall–Kier alpha value is -2.41. The van der Waals surface area contributed by atoms with E-state index in [0.29, 0.717) is 5.92 Å². The van der Waals surface area contributed by atoms with Crippen molar-refractivity contribution >= 4 is 0 Å². The zero-order valence-electron chi connectivity index (χ0n) is 15.1. The van der Waals surface area contributed by atoms with Crippen molar-refractivity contribution in [3.63, 3.8) is 0 Å². The summed E-state index contributed by atoms with van der Waals surface area (Å²) in [5.74, 6) is 0.696. The topological polar surface area (TPSA) is 3.88 Å². The monoisotopic (exact) mass is 316 g/mol. The first-order chi connectivity index (χ1) is 11.5. The van der Waals surface area contributed by atoms with Gasteiger partial charge in [-0.25, -0.2) is 4.57 Å². The molecule has 0 amide bonds. The van der Waals surface area contributed by atoms with E-state index in [0.717, 1.165) is 6.42 Å². The van der Waals surface area contributed by atoms with Crippen LogP contribution >= 0.6 is 0 Å². The molecule has 0 unspecified atom stereocenters. The number of rotatable bonds is 4. The summed E-state index contributed by atoms with van der Waals surface area (Å²) in [6, 6.07) is 22.0. The van der Waals surface area contributed by atoms with Crippen molar-refractivity contribution in [1.29, 1.82) is 0 Å². The zero-order chi connectivity index (χ0) is 17.1. The second kappa shape index (κ2) is 7.00. The van der Waals surface area contributed by atoms with E-state index in [1.54, 1.807) is 0 Å². The highest BCUT2D eigenvalue weighted by Gasteiger charge is 2.13. The van der Waals surface area contributed by atoms with Crippen LogP contribution in [-0.2, 0) is 13.5 Å². The predicted octanol–water partition coefficient (Wildman–Crippen LogP) is 5.35. The van der Waals surface area contributed by atoms with Crippen LogP contribution in [0, 0.1) is 12.8 Å². The first-order valence-corrected chi connectivity index (χ1v) is 8.69. The highest BCUT2D eigenvalue weighted by atomic mass is 14.9. The summed E-state index contributed by atoms with van der Waals surface area (Å²) in [5, 5.41) is 0. The summed E-state index contributed by atoms with van der Waals surface area (Å²) < 4.78 is 2.22. The van der Waals surface area contributed by atoms with Crippen LogP contribution < -0.4 is 4.57 Å². The van der Waals surface area contributed by atoms with Crippen LogP contribution in [0.4, 0.5) is 0 Å². The Morgan fingerprint density at radius 3 is 2.12 bits per heavy atom. The average Bonchev–Trinajstić information content (AvgIpc) is 2.56. The van der Waals surface area contributed by atoms with E-state index in [-0.39, 0.29) is 0 Å². The van der Waals surface area contributed by atoms with Crippen LogP contribution in [0.3, 0.4) is 0 Å². The molecule has 0 bridgehead atoms. The Kier molecular flexibility index (Phi) is 4.80. The highest BCUT2D eigenvalue weighted by molar-refractivity contribution is 5.66. The smallest absolute Gasteiger partial charge is 0.200 e. The molecule has 0 atom stereocenters. The van der Waals surface area contributed by atoms with Crippen molar-refractivity contribution in [3.05, 3.63) is 78.0 Å². The molecular formula is C23H26N+. The van der Waals surface area contributed by atoms with Gasteiger partial charge in [0.25, 0.3) is 0 Å². The van der Waals surface area contributed by atoms with Crippen molar-refractivity contribution in [1.82, 2.24) is 0 Å². The van der Waals surface area contributed by atoms with Gasteiger partial charge in [-0.3, -0.25) is 0 Å². The first-order valence-electron chi connectivity index (χ1n) is 8.69. The minimum atomic E-state index is 0.696. The molecule has 24 heavy (non-hydrogen) atoms. The summed E-state index contributed by atoms with van der Waals surface area (Å²) >= 11 is 0. The molecule has 0 fully saturated rings. The maximum absolute atomic E-state index is 2.26. The Labute approximate surface area is 145 Å². The van der Waals surface area contributed by atoms with Crippen molar-refractivity contribution in [3.8, 4) is 22.4 Å². The van der Waals surface area contributed by atoms with Crippen molar-refractivity contribution in [2.24, 2.45) is 13.0 Å². The molecular weight excluding hydrogens is 290 g/mol. The van der Waals surface area contributed by atoms with Gasteiger partial charge in [-0.05, 0) is 48.1 Å². The van der Waals surface area contributed by atoms with Crippen molar-refractivity contribution in [2.45, 2.75) is 27.2 Å². The van der Waals surface area contributed by atoms with E-state index < -0.39 is 0 Å². The molecule has 0 aliphatic carbocycles. The van der Waals surface area contributed by atoms with E-state index in [4.69, 9.17) is 0 Å². The normalized spacial score (nSPS) is 11.0. The molecule has 3 aromatic rings. The fourth-order valence-corrected chi connectivity index (χ4v) is 3.22. The van der Waals surface area contributed by atoms with E-state index in [1.807, 2.05) is 0 Å². The van der Waals surface area contributed by atoms with Gasteiger partial charge in [0.05, 0.1) is 0 Å². The second-order valence-electron chi connectivity index (χ2n) is 7.02. The lowest BCUT2D eigenvalue weighted by Crippen LogP contribution is -2.30. The molecule has 0 aliphatic rings. The van der Waals surface area contributed by atoms with E-state index in [2.05, 4.69) is 99.2 Å². The molecule has 0 aliphatic heterocycles. The number of pyridine rings is 1. The van der Waals surface area contributed by atoms with Gasteiger partial charge in [-0.2, -0.15) is 0 Å². The molecule has 2 aromatic carbocycles. The highest BCUT2D eigenvalue weighted by Crippen LogP contribution is 2.24.